The number of carbonyl (C=O) groups is 1. The van der Waals surface area contributed by atoms with Gasteiger partial charge in [0.05, 0.1) is 30.0 Å². The van der Waals surface area contributed by atoms with Gasteiger partial charge in [-0.1, -0.05) is 29.3 Å². The van der Waals surface area contributed by atoms with Gasteiger partial charge in [0.1, 0.15) is 11.5 Å². The Kier molecular flexibility index (Phi) is 5.96. The molecule has 0 heterocycles. The Bertz CT molecular complexity index is 708. The van der Waals surface area contributed by atoms with Gasteiger partial charge in [-0.25, -0.2) is 4.79 Å². The molecular formula is C16H16Cl2N2O3. The monoisotopic (exact) mass is 354 g/mol. The van der Waals surface area contributed by atoms with Gasteiger partial charge in [0, 0.05) is 12.6 Å². The van der Waals surface area contributed by atoms with Crippen molar-refractivity contribution in [2.45, 2.75) is 6.54 Å². The highest BCUT2D eigenvalue weighted by molar-refractivity contribution is 6.42. The van der Waals surface area contributed by atoms with Crippen LogP contribution in [0.15, 0.2) is 36.4 Å². The molecular weight excluding hydrogens is 339 g/mol. The van der Waals surface area contributed by atoms with E-state index >= 15 is 0 Å². The number of rotatable bonds is 5. The maximum absolute atomic E-state index is 12.0. The molecule has 2 aromatic rings. The Balaban J connectivity index is 2.00. The molecule has 0 fully saturated rings. The lowest BCUT2D eigenvalue weighted by Gasteiger charge is -2.12. The summed E-state index contributed by atoms with van der Waals surface area (Å²) in [5, 5.41) is 6.37. The molecule has 0 saturated carbocycles. The number of urea groups is 1. The van der Waals surface area contributed by atoms with Gasteiger partial charge in [0.25, 0.3) is 0 Å². The highest BCUT2D eigenvalue weighted by Gasteiger charge is 2.09. The molecule has 0 aliphatic rings. The highest BCUT2D eigenvalue weighted by Crippen LogP contribution is 2.28. The van der Waals surface area contributed by atoms with E-state index in [1.807, 2.05) is 0 Å². The number of hydrogen-bond acceptors (Lipinski definition) is 3. The van der Waals surface area contributed by atoms with Crippen LogP contribution in [0.5, 0.6) is 11.5 Å². The lowest BCUT2D eigenvalue weighted by atomic mass is 10.2. The van der Waals surface area contributed by atoms with Crippen LogP contribution in [0.25, 0.3) is 0 Å². The summed E-state index contributed by atoms with van der Waals surface area (Å²) in [6, 6.07) is 9.95. The number of nitrogens with one attached hydrogen (secondary N) is 2. The van der Waals surface area contributed by atoms with E-state index in [-0.39, 0.29) is 6.03 Å². The molecule has 0 spiro atoms. The Labute approximate surface area is 144 Å². The van der Waals surface area contributed by atoms with Crippen LogP contribution in [0.2, 0.25) is 10.0 Å². The van der Waals surface area contributed by atoms with E-state index in [1.54, 1.807) is 43.5 Å². The van der Waals surface area contributed by atoms with Crippen molar-refractivity contribution < 1.29 is 14.3 Å². The molecule has 23 heavy (non-hydrogen) atoms. The second kappa shape index (κ2) is 7.94. The molecule has 0 radical (unpaired) electrons. The molecule has 0 aliphatic carbocycles. The summed E-state index contributed by atoms with van der Waals surface area (Å²) >= 11 is 11.8. The zero-order chi connectivity index (χ0) is 16.8. The van der Waals surface area contributed by atoms with E-state index < -0.39 is 0 Å². The third kappa shape index (κ3) is 4.68. The van der Waals surface area contributed by atoms with Gasteiger partial charge in [-0.15, -0.1) is 0 Å². The number of benzene rings is 2. The molecule has 2 aromatic carbocycles. The first kappa shape index (κ1) is 17.2. The smallest absolute Gasteiger partial charge is 0.319 e. The van der Waals surface area contributed by atoms with E-state index in [2.05, 4.69) is 10.6 Å². The maximum atomic E-state index is 12.0. The first-order chi connectivity index (χ1) is 11.0. The van der Waals surface area contributed by atoms with Crippen LogP contribution in [-0.4, -0.2) is 20.3 Å². The summed E-state index contributed by atoms with van der Waals surface area (Å²) in [6.45, 7) is 0.314. The molecule has 122 valence electrons. The Morgan fingerprint density at radius 3 is 2.48 bits per heavy atom. The minimum atomic E-state index is -0.373. The fourth-order valence-electron chi connectivity index (χ4n) is 1.91. The molecule has 0 saturated heterocycles. The van der Waals surface area contributed by atoms with Crippen molar-refractivity contribution in [3.05, 3.63) is 52.0 Å². The molecule has 7 heteroatoms. The first-order valence-corrected chi connectivity index (χ1v) is 7.50. The van der Waals surface area contributed by atoms with Gasteiger partial charge >= 0.3 is 6.03 Å². The van der Waals surface area contributed by atoms with Crippen LogP contribution in [0.1, 0.15) is 5.56 Å². The topological polar surface area (TPSA) is 59.6 Å². The highest BCUT2D eigenvalue weighted by atomic mass is 35.5. The molecule has 0 aromatic heterocycles. The van der Waals surface area contributed by atoms with Gasteiger partial charge in [-0.05, 0) is 29.8 Å². The van der Waals surface area contributed by atoms with Gasteiger partial charge in [-0.3, -0.25) is 0 Å². The maximum Gasteiger partial charge on any atom is 0.319 e. The Morgan fingerprint density at radius 1 is 1.04 bits per heavy atom. The Morgan fingerprint density at radius 2 is 1.83 bits per heavy atom. The van der Waals surface area contributed by atoms with Crippen LogP contribution in [0, 0.1) is 0 Å². The molecule has 0 unspecified atom stereocenters. The van der Waals surface area contributed by atoms with Crippen molar-refractivity contribution in [1.82, 2.24) is 5.32 Å². The number of ether oxygens (including phenoxy) is 2. The summed E-state index contributed by atoms with van der Waals surface area (Å²) in [5.74, 6) is 1.15. The minimum absolute atomic E-state index is 0.314. The van der Waals surface area contributed by atoms with E-state index in [1.165, 1.54) is 7.11 Å². The largest absolute Gasteiger partial charge is 0.497 e. The van der Waals surface area contributed by atoms with Crippen molar-refractivity contribution in [3.63, 3.8) is 0 Å². The summed E-state index contributed by atoms with van der Waals surface area (Å²) < 4.78 is 10.3. The molecule has 0 aliphatic heterocycles. The number of carbonyl (C=O) groups excluding carboxylic acids is 1. The number of halogens is 2. The van der Waals surface area contributed by atoms with E-state index in [9.17, 15) is 4.79 Å². The van der Waals surface area contributed by atoms with E-state index in [0.29, 0.717) is 33.8 Å². The third-order valence-corrected chi connectivity index (χ3v) is 3.83. The second-order valence-corrected chi connectivity index (χ2v) is 5.44. The minimum Gasteiger partial charge on any atom is -0.497 e. The molecule has 2 N–H and O–H groups in total. The van der Waals surface area contributed by atoms with E-state index in [0.717, 1.165) is 5.56 Å². The van der Waals surface area contributed by atoms with Crippen molar-refractivity contribution >= 4 is 34.9 Å². The van der Waals surface area contributed by atoms with Crippen LogP contribution in [0.3, 0.4) is 0 Å². The average Bonchev–Trinajstić information content (AvgIpc) is 2.55. The predicted molar refractivity (Wildman–Crippen MR) is 91.9 cm³/mol. The molecule has 2 rings (SSSR count). The molecule has 0 atom stereocenters. The van der Waals surface area contributed by atoms with Crippen molar-refractivity contribution in [2.75, 3.05) is 19.5 Å². The quantitative estimate of drug-likeness (QED) is 0.839. The Hall–Kier alpha value is -2.11. The van der Waals surface area contributed by atoms with E-state index in [4.69, 9.17) is 32.7 Å². The first-order valence-electron chi connectivity index (χ1n) is 6.74. The number of hydrogen-bond donors (Lipinski definition) is 2. The standard InChI is InChI=1S/C16H16Cl2N2O3/c1-22-11-4-6-15(23-2)14(8-11)20-16(21)19-9-10-3-5-12(17)13(18)7-10/h3-8H,9H2,1-2H3,(H2,19,20,21). The number of anilines is 1. The normalized spacial score (nSPS) is 10.1. The van der Waals surface area contributed by atoms with Crippen LogP contribution in [-0.2, 0) is 6.54 Å². The van der Waals surface area contributed by atoms with Crippen molar-refractivity contribution in [3.8, 4) is 11.5 Å². The van der Waals surface area contributed by atoms with Crippen LogP contribution in [0.4, 0.5) is 10.5 Å². The van der Waals surface area contributed by atoms with Gasteiger partial charge in [0.15, 0.2) is 0 Å². The predicted octanol–water partition coefficient (Wildman–Crippen LogP) is 4.33. The van der Waals surface area contributed by atoms with Gasteiger partial charge < -0.3 is 20.1 Å². The SMILES string of the molecule is COc1ccc(OC)c(NC(=O)NCc2ccc(Cl)c(Cl)c2)c1. The summed E-state index contributed by atoms with van der Waals surface area (Å²) in [4.78, 5) is 12.0. The summed E-state index contributed by atoms with van der Waals surface area (Å²) in [5.41, 5.74) is 1.35. The average molecular weight is 355 g/mol. The molecule has 0 bridgehead atoms. The third-order valence-electron chi connectivity index (χ3n) is 3.09. The van der Waals surface area contributed by atoms with Crippen LogP contribution >= 0.6 is 23.2 Å². The lowest BCUT2D eigenvalue weighted by Crippen LogP contribution is -2.28. The summed E-state index contributed by atoms with van der Waals surface area (Å²) in [6.07, 6.45) is 0. The lowest BCUT2D eigenvalue weighted by molar-refractivity contribution is 0.251. The van der Waals surface area contributed by atoms with Gasteiger partial charge in [-0.2, -0.15) is 0 Å². The fraction of sp³-hybridized carbons (Fsp3) is 0.188. The van der Waals surface area contributed by atoms with Crippen molar-refractivity contribution in [1.29, 1.82) is 0 Å². The fourth-order valence-corrected chi connectivity index (χ4v) is 2.23. The molecule has 2 amide bonds. The zero-order valence-electron chi connectivity index (χ0n) is 12.7. The molecule has 5 nitrogen and oxygen atoms in total. The second-order valence-electron chi connectivity index (χ2n) is 4.62. The van der Waals surface area contributed by atoms with Crippen molar-refractivity contribution in [2.24, 2.45) is 0 Å². The summed E-state index contributed by atoms with van der Waals surface area (Å²) in [7, 11) is 3.08. The van der Waals surface area contributed by atoms with Crippen LogP contribution < -0.4 is 20.1 Å². The van der Waals surface area contributed by atoms with Gasteiger partial charge in [0.2, 0.25) is 0 Å². The zero-order valence-corrected chi connectivity index (χ0v) is 14.2. The number of methoxy groups -OCH3 is 2. The number of amides is 2.